The normalized spacial score (nSPS) is 10.9. The van der Waals surface area contributed by atoms with E-state index in [0.29, 0.717) is 15.8 Å². The molecule has 0 fully saturated rings. The fourth-order valence-electron chi connectivity index (χ4n) is 3.10. The van der Waals surface area contributed by atoms with Crippen molar-refractivity contribution in [1.82, 2.24) is 4.98 Å². The summed E-state index contributed by atoms with van der Waals surface area (Å²) in [5, 5.41) is 3.50. The number of amides is 1. The van der Waals surface area contributed by atoms with Crippen LogP contribution in [0.3, 0.4) is 0 Å². The molecule has 0 aliphatic carbocycles. The fraction of sp³-hybridized carbons (Fsp3) is 0.182. The quantitative estimate of drug-likeness (QED) is 0.450. The number of fused-ring (bicyclic) bond motifs is 1. The molecule has 1 amide bonds. The van der Waals surface area contributed by atoms with Crippen molar-refractivity contribution in [3.8, 4) is 16.9 Å². The van der Waals surface area contributed by atoms with Crippen molar-refractivity contribution in [3.63, 3.8) is 0 Å². The Bertz CT molecular complexity index is 1190. The number of thiophene rings is 1. The van der Waals surface area contributed by atoms with Gasteiger partial charge in [0.1, 0.15) is 11.3 Å². The van der Waals surface area contributed by atoms with Crippen LogP contribution in [0, 0.1) is 6.92 Å². The highest BCUT2D eigenvalue weighted by Gasteiger charge is 2.17. The molecular weight excluding hydrogens is 402 g/mol. The van der Waals surface area contributed by atoms with Gasteiger partial charge < -0.3 is 9.64 Å². The predicted octanol–water partition coefficient (Wildman–Crippen LogP) is 5.66. The molecule has 2 aromatic carbocycles. The van der Waals surface area contributed by atoms with Crippen LogP contribution in [0.4, 0.5) is 10.8 Å². The molecule has 4 rings (SSSR count). The van der Waals surface area contributed by atoms with Gasteiger partial charge in [-0.3, -0.25) is 10.1 Å². The number of ether oxygens (including phenoxy) is 1. The number of thiazole rings is 1. The molecule has 2 heterocycles. The number of benzene rings is 2. The first kappa shape index (κ1) is 19.4. The Labute approximate surface area is 177 Å². The summed E-state index contributed by atoms with van der Waals surface area (Å²) >= 11 is 2.93. The Morgan fingerprint density at radius 1 is 1.10 bits per heavy atom. The summed E-state index contributed by atoms with van der Waals surface area (Å²) in [6.07, 6.45) is 0. The lowest BCUT2D eigenvalue weighted by molar-refractivity contribution is 0.103. The van der Waals surface area contributed by atoms with E-state index in [4.69, 9.17) is 4.74 Å². The van der Waals surface area contributed by atoms with Gasteiger partial charge in [-0.1, -0.05) is 23.5 Å². The zero-order chi connectivity index (χ0) is 20.5. The molecular formula is C22H21N3O2S2. The van der Waals surface area contributed by atoms with E-state index < -0.39 is 0 Å². The van der Waals surface area contributed by atoms with Crippen LogP contribution in [0.1, 0.15) is 14.5 Å². The number of carbonyl (C=O) groups is 1. The van der Waals surface area contributed by atoms with Crippen molar-refractivity contribution in [1.29, 1.82) is 0 Å². The second kappa shape index (κ2) is 7.85. The summed E-state index contributed by atoms with van der Waals surface area (Å²) in [7, 11) is 5.68. The molecule has 0 aliphatic rings. The van der Waals surface area contributed by atoms with Crippen LogP contribution in [-0.4, -0.2) is 32.1 Å². The minimum Gasteiger partial charge on any atom is -0.494 e. The van der Waals surface area contributed by atoms with E-state index in [1.165, 1.54) is 22.7 Å². The molecule has 0 bridgehead atoms. The van der Waals surface area contributed by atoms with Crippen LogP contribution in [0.25, 0.3) is 21.3 Å². The molecule has 0 saturated carbocycles. The van der Waals surface area contributed by atoms with Gasteiger partial charge in [-0.05, 0) is 48.9 Å². The number of hydrogen-bond donors (Lipinski definition) is 1. The van der Waals surface area contributed by atoms with Crippen LogP contribution in [0.2, 0.25) is 0 Å². The lowest BCUT2D eigenvalue weighted by Crippen LogP contribution is -2.09. The molecule has 0 spiro atoms. The number of aromatic nitrogens is 1. The second-order valence-electron chi connectivity index (χ2n) is 6.82. The van der Waals surface area contributed by atoms with Crippen molar-refractivity contribution < 1.29 is 9.53 Å². The van der Waals surface area contributed by atoms with Crippen molar-refractivity contribution in [3.05, 3.63) is 58.3 Å². The van der Waals surface area contributed by atoms with Crippen LogP contribution in [-0.2, 0) is 0 Å². The van der Waals surface area contributed by atoms with Gasteiger partial charge in [0.15, 0.2) is 5.13 Å². The third-order valence-corrected chi connectivity index (χ3v) is 6.59. The number of nitrogens with one attached hydrogen (secondary N) is 1. The van der Waals surface area contributed by atoms with Crippen LogP contribution in [0.15, 0.2) is 48.5 Å². The van der Waals surface area contributed by atoms with Gasteiger partial charge in [0.05, 0.1) is 16.7 Å². The highest BCUT2D eigenvalue weighted by Crippen LogP contribution is 2.40. The van der Waals surface area contributed by atoms with Crippen molar-refractivity contribution in [2.75, 3.05) is 31.4 Å². The summed E-state index contributed by atoms with van der Waals surface area (Å²) in [6, 6.07) is 16.1. The molecule has 0 aliphatic heterocycles. The first-order chi connectivity index (χ1) is 14.0. The Morgan fingerprint density at radius 3 is 2.62 bits per heavy atom. The number of rotatable bonds is 5. The summed E-state index contributed by atoms with van der Waals surface area (Å²) in [5.74, 6) is 0.550. The summed E-state index contributed by atoms with van der Waals surface area (Å²) in [5.41, 5.74) is 4.04. The van der Waals surface area contributed by atoms with E-state index in [1.54, 1.807) is 7.11 Å². The number of methoxy groups -OCH3 is 1. The first-order valence-electron chi connectivity index (χ1n) is 9.09. The highest BCUT2D eigenvalue weighted by atomic mass is 32.1. The molecule has 1 N–H and O–H groups in total. The fourth-order valence-corrected chi connectivity index (χ4v) is 4.87. The van der Waals surface area contributed by atoms with E-state index in [0.717, 1.165) is 31.9 Å². The van der Waals surface area contributed by atoms with Gasteiger partial charge in [0.2, 0.25) is 0 Å². The van der Waals surface area contributed by atoms with Crippen molar-refractivity contribution in [2.45, 2.75) is 6.92 Å². The molecule has 0 unspecified atom stereocenters. The standard InChI is InChI=1S/C22H21N3O2S2/c1-13-8-11-18(28-13)21(26)24-22-23-19-17(27-4)10-9-16(20(19)29-22)14-6-5-7-15(12-14)25(2)3/h5-12H,1-4H3,(H,23,24,26). The zero-order valence-corrected chi connectivity index (χ0v) is 18.3. The van der Waals surface area contributed by atoms with Crippen LogP contribution >= 0.6 is 22.7 Å². The molecule has 148 valence electrons. The third-order valence-electron chi connectivity index (χ3n) is 4.58. The SMILES string of the molecule is COc1ccc(-c2cccc(N(C)C)c2)c2sc(NC(=O)c3ccc(C)s3)nc12. The molecule has 7 heteroatoms. The molecule has 0 atom stereocenters. The zero-order valence-electron chi connectivity index (χ0n) is 16.6. The number of hydrogen-bond acceptors (Lipinski definition) is 6. The largest absolute Gasteiger partial charge is 0.494 e. The maximum Gasteiger partial charge on any atom is 0.267 e. The number of aryl methyl sites for hydroxylation is 1. The Balaban J connectivity index is 1.77. The molecule has 5 nitrogen and oxygen atoms in total. The lowest BCUT2D eigenvalue weighted by Gasteiger charge is -2.14. The number of anilines is 2. The van der Waals surface area contributed by atoms with Gasteiger partial charge in [-0.15, -0.1) is 11.3 Å². The average molecular weight is 424 g/mol. The second-order valence-corrected chi connectivity index (χ2v) is 9.11. The van der Waals surface area contributed by atoms with Gasteiger partial charge in [-0.2, -0.15) is 0 Å². The molecule has 0 radical (unpaired) electrons. The summed E-state index contributed by atoms with van der Waals surface area (Å²) < 4.78 is 6.50. The first-order valence-corrected chi connectivity index (χ1v) is 10.7. The van der Waals surface area contributed by atoms with Gasteiger partial charge in [0, 0.05) is 30.2 Å². The smallest absolute Gasteiger partial charge is 0.267 e. The van der Waals surface area contributed by atoms with Crippen molar-refractivity contribution >= 4 is 49.6 Å². The summed E-state index contributed by atoms with van der Waals surface area (Å²) in [4.78, 5) is 21.1. The van der Waals surface area contributed by atoms with Gasteiger partial charge in [-0.25, -0.2) is 4.98 Å². The maximum atomic E-state index is 12.6. The third kappa shape index (κ3) is 3.83. The highest BCUT2D eigenvalue weighted by molar-refractivity contribution is 7.23. The Hall–Kier alpha value is -2.90. The number of nitrogens with zero attached hydrogens (tertiary/aromatic N) is 2. The Morgan fingerprint density at radius 2 is 1.93 bits per heavy atom. The lowest BCUT2D eigenvalue weighted by atomic mass is 10.0. The maximum absolute atomic E-state index is 12.6. The minimum atomic E-state index is -0.141. The predicted molar refractivity (Wildman–Crippen MR) is 123 cm³/mol. The van der Waals surface area contributed by atoms with Gasteiger partial charge in [0.25, 0.3) is 5.91 Å². The van der Waals surface area contributed by atoms with E-state index in [2.05, 4.69) is 33.4 Å². The summed E-state index contributed by atoms with van der Waals surface area (Å²) in [6.45, 7) is 1.98. The van der Waals surface area contributed by atoms with E-state index in [1.807, 2.05) is 51.4 Å². The molecule has 4 aromatic rings. The Kier molecular flexibility index (Phi) is 5.25. The molecule has 29 heavy (non-hydrogen) atoms. The van der Waals surface area contributed by atoms with E-state index in [-0.39, 0.29) is 5.91 Å². The van der Waals surface area contributed by atoms with E-state index in [9.17, 15) is 4.79 Å². The van der Waals surface area contributed by atoms with E-state index >= 15 is 0 Å². The topological polar surface area (TPSA) is 54.5 Å². The van der Waals surface area contributed by atoms with Crippen molar-refractivity contribution in [2.24, 2.45) is 0 Å². The minimum absolute atomic E-state index is 0.141. The number of carbonyl (C=O) groups excluding carboxylic acids is 1. The molecule has 2 aromatic heterocycles. The van der Waals surface area contributed by atoms with Crippen LogP contribution < -0.4 is 15.0 Å². The molecule has 0 saturated heterocycles. The van der Waals surface area contributed by atoms with Gasteiger partial charge >= 0.3 is 0 Å². The van der Waals surface area contributed by atoms with Crippen LogP contribution in [0.5, 0.6) is 5.75 Å². The monoisotopic (exact) mass is 423 g/mol. The average Bonchev–Trinajstić information content (AvgIpc) is 3.33.